The predicted molar refractivity (Wildman–Crippen MR) is 74.7 cm³/mol. The van der Waals surface area contributed by atoms with Crippen molar-refractivity contribution in [2.24, 2.45) is 0 Å². The smallest absolute Gasteiger partial charge is 0.274 e. The third kappa shape index (κ3) is 2.37. The van der Waals surface area contributed by atoms with Crippen LogP contribution in [0.5, 0.6) is 0 Å². The van der Waals surface area contributed by atoms with Gasteiger partial charge in [0.05, 0.1) is 18.9 Å². The third-order valence-electron chi connectivity index (χ3n) is 3.26. The molecule has 0 spiro atoms. The number of aromatic nitrogens is 2. The molecule has 3 rings (SSSR count). The first kappa shape index (κ1) is 12.7. The molecule has 20 heavy (non-hydrogen) atoms. The standard InChI is InChI=1S/C14H16N4O2/c15-13-10-12(14(19)17-6-8-20-9-7-17)16-18(13)11-4-2-1-3-5-11/h1-5,10H,6-9,15H2. The second kappa shape index (κ2) is 5.34. The number of hydrogen-bond acceptors (Lipinski definition) is 4. The maximum Gasteiger partial charge on any atom is 0.274 e. The fourth-order valence-electron chi connectivity index (χ4n) is 2.20. The summed E-state index contributed by atoms with van der Waals surface area (Å²) in [6, 6.07) is 11.1. The molecule has 1 amide bonds. The van der Waals surface area contributed by atoms with Gasteiger partial charge >= 0.3 is 0 Å². The Kier molecular flexibility index (Phi) is 3.39. The third-order valence-corrected chi connectivity index (χ3v) is 3.26. The minimum absolute atomic E-state index is 0.102. The molecule has 2 aromatic rings. The number of rotatable bonds is 2. The van der Waals surface area contributed by atoms with E-state index in [-0.39, 0.29) is 5.91 Å². The summed E-state index contributed by atoms with van der Waals surface area (Å²) in [6.07, 6.45) is 0. The Hall–Kier alpha value is -2.34. The molecular formula is C14H16N4O2. The first-order valence-corrected chi connectivity index (χ1v) is 6.54. The zero-order valence-electron chi connectivity index (χ0n) is 11.0. The number of morpholine rings is 1. The molecule has 2 N–H and O–H groups in total. The molecule has 104 valence electrons. The minimum Gasteiger partial charge on any atom is -0.384 e. The van der Waals surface area contributed by atoms with E-state index in [1.165, 1.54) is 0 Å². The molecule has 0 atom stereocenters. The lowest BCUT2D eigenvalue weighted by atomic mass is 10.3. The quantitative estimate of drug-likeness (QED) is 0.882. The highest BCUT2D eigenvalue weighted by atomic mass is 16.5. The molecular weight excluding hydrogens is 256 g/mol. The zero-order valence-corrected chi connectivity index (χ0v) is 11.0. The van der Waals surface area contributed by atoms with Crippen molar-refractivity contribution in [2.75, 3.05) is 32.0 Å². The van der Waals surface area contributed by atoms with Crippen LogP contribution in [0, 0.1) is 0 Å². The SMILES string of the molecule is Nc1cc(C(=O)N2CCOCC2)nn1-c1ccccc1. The number of nitrogens with two attached hydrogens (primary N) is 1. The summed E-state index contributed by atoms with van der Waals surface area (Å²) in [4.78, 5) is 14.1. The zero-order chi connectivity index (χ0) is 13.9. The summed E-state index contributed by atoms with van der Waals surface area (Å²) in [5.74, 6) is 0.350. The normalized spacial score (nSPS) is 15.3. The van der Waals surface area contributed by atoms with E-state index in [1.807, 2.05) is 30.3 Å². The molecule has 6 nitrogen and oxygen atoms in total. The van der Waals surface area contributed by atoms with Gasteiger partial charge in [0, 0.05) is 19.2 Å². The van der Waals surface area contributed by atoms with Crippen molar-refractivity contribution < 1.29 is 9.53 Å². The van der Waals surface area contributed by atoms with Gasteiger partial charge < -0.3 is 15.4 Å². The average molecular weight is 272 g/mol. The maximum atomic E-state index is 12.3. The van der Waals surface area contributed by atoms with E-state index >= 15 is 0 Å². The fourth-order valence-corrected chi connectivity index (χ4v) is 2.20. The van der Waals surface area contributed by atoms with Crippen molar-refractivity contribution in [2.45, 2.75) is 0 Å². The number of hydrogen-bond donors (Lipinski definition) is 1. The predicted octanol–water partition coefficient (Wildman–Crippen LogP) is 0.927. The second-order valence-corrected chi connectivity index (χ2v) is 4.61. The van der Waals surface area contributed by atoms with Crippen LogP contribution in [0.25, 0.3) is 5.69 Å². The molecule has 1 aliphatic rings. The number of anilines is 1. The van der Waals surface area contributed by atoms with Crippen molar-refractivity contribution in [3.63, 3.8) is 0 Å². The van der Waals surface area contributed by atoms with E-state index in [1.54, 1.807) is 15.6 Å². The van der Waals surface area contributed by atoms with E-state index in [2.05, 4.69) is 5.10 Å². The van der Waals surface area contributed by atoms with Crippen LogP contribution < -0.4 is 5.73 Å². The van der Waals surface area contributed by atoms with Gasteiger partial charge in [0.1, 0.15) is 5.82 Å². The molecule has 6 heteroatoms. The largest absolute Gasteiger partial charge is 0.384 e. The summed E-state index contributed by atoms with van der Waals surface area (Å²) >= 11 is 0. The topological polar surface area (TPSA) is 73.4 Å². The van der Waals surface area contributed by atoms with Crippen LogP contribution in [0.1, 0.15) is 10.5 Å². The molecule has 0 bridgehead atoms. The lowest BCUT2D eigenvalue weighted by Crippen LogP contribution is -2.40. The van der Waals surface area contributed by atoms with Gasteiger partial charge in [0.2, 0.25) is 0 Å². The summed E-state index contributed by atoms with van der Waals surface area (Å²) in [7, 11) is 0. The molecule has 1 fully saturated rings. The molecule has 0 unspecified atom stereocenters. The average Bonchev–Trinajstić information content (AvgIpc) is 2.90. The number of benzene rings is 1. The highest BCUT2D eigenvalue weighted by molar-refractivity contribution is 5.93. The number of amides is 1. The van der Waals surface area contributed by atoms with Crippen molar-refractivity contribution in [3.05, 3.63) is 42.1 Å². The van der Waals surface area contributed by atoms with Crippen LogP contribution in [0.4, 0.5) is 5.82 Å². The summed E-state index contributed by atoms with van der Waals surface area (Å²) in [5, 5.41) is 4.31. The monoisotopic (exact) mass is 272 g/mol. The molecule has 1 saturated heterocycles. The number of para-hydroxylation sites is 1. The van der Waals surface area contributed by atoms with E-state index in [9.17, 15) is 4.79 Å². The first-order valence-electron chi connectivity index (χ1n) is 6.54. The van der Waals surface area contributed by atoms with Crippen molar-refractivity contribution in [1.29, 1.82) is 0 Å². The van der Waals surface area contributed by atoms with E-state index in [0.29, 0.717) is 37.8 Å². The number of ether oxygens (including phenoxy) is 1. The van der Waals surface area contributed by atoms with Crippen LogP contribution in [-0.2, 0) is 4.74 Å². The van der Waals surface area contributed by atoms with Gasteiger partial charge in [-0.1, -0.05) is 18.2 Å². The molecule has 0 radical (unpaired) electrons. The Labute approximate surface area is 116 Å². The van der Waals surface area contributed by atoms with Crippen LogP contribution in [0.3, 0.4) is 0 Å². The molecule has 1 aliphatic heterocycles. The molecule has 1 aromatic carbocycles. The highest BCUT2D eigenvalue weighted by Crippen LogP contribution is 2.15. The number of nitrogen functional groups attached to an aromatic ring is 1. The van der Waals surface area contributed by atoms with Gasteiger partial charge in [-0.15, -0.1) is 0 Å². The molecule has 2 heterocycles. The Morgan fingerprint density at radius 2 is 1.90 bits per heavy atom. The summed E-state index contributed by atoms with van der Waals surface area (Å²) < 4.78 is 6.82. The Bertz CT molecular complexity index is 603. The van der Waals surface area contributed by atoms with Crippen molar-refractivity contribution in [3.8, 4) is 5.69 Å². The second-order valence-electron chi connectivity index (χ2n) is 4.61. The van der Waals surface area contributed by atoms with E-state index in [4.69, 9.17) is 10.5 Å². The van der Waals surface area contributed by atoms with E-state index in [0.717, 1.165) is 5.69 Å². The summed E-state index contributed by atoms with van der Waals surface area (Å²) in [5.41, 5.74) is 7.15. The van der Waals surface area contributed by atoms with E-state index < -0.39 is 0 Å². The Morgan fingerprint density at radius 1 is 1.20 bits per heavy atom. The van der Waals surface area contributed by atoms with Crippen molar-refractivity contribution in [1.82, 2.24) is 14.7 Å². The van der Waals surface area contributed by atoms with Crippen LogP contribution in [0.2, 0.25) is 0 Å². The van der Waals surface area contributed by atoms with Gasteiger partial charge in [0.25, 0.3) is 5.91 Å². The van der Waals surface area contributed by atoms with Gasteiger partial charge in [-0.2, -0.15) is 5.10 Å². The number of carbonyl (C=O) groups is 1. The van der Waals surface area contributed by atoms with Gasteiger partial charge in [0.15, 0.2) is 5.69 Å². The van der Waals surface area contributed by atoms with Crippen LogP contribution in [0.15, 0.2) is 36.4 Å². The lowest BCUT2D eigenvalue weighted by molar-refractivity contribution is 0.0298. The summed E-state index contributed by atoms with van der Waals surface area (Å²) in [6.45, 7) is 2.33. The maximum absolute atomic E-state index is 12.3. The lowest BCUT2D eigenvalue weighted by Gasteiger charge is -2.25. The van der Waals surface area contributed by atoms with Crippen LogP contribution in [-0.4, -0.2) is 46.9 Å². The number of nitrogens with zero attached hydrogens (tertiary/aromatic N) is 3. The van der Waals surface area contributed by atoms with Gasteiger partial charge in [-0.3, -0.25) is 4.79 Å². The highest BCUT2D eigenvalue weighted by Gasteiger charge is 2.22. The molecule has 0 saturated carbocycles. The molecule has 0 aliphatic carbocycles. The first-order chi connectivity index (χ1) is 9.75. The molecule has 1 aromatic heterocycles. The fraction of sp³-hybridized carbons (Fsp3) is 0.286. The Balaban J connectivity index is 1.87. The van der Waals surface area contributed by atoms with Crippen molar-refractivity contribution >= 4 is 11.7 Å². The van der Waals surface area contributed by atoms with Gasteiger partial charge in [-0.05, 0) is 12.1 Å². The van der Waals surface area contributed by atoms with Crippen LogP contribution >= 0.6 is 0 Å². The Morgan fingerprint density at radius 3 is 2.60 bits per heavy atom. The van der Waals surface area contributed by atoms with Gasteiger partial charge in [-0.25, -0.2) is 4.68 Å². The minimum atomic E-state index is -0.102. The number of carbonyl (C=O) groups excluding carboxylic acids is 1.